The lowest BCUT2D eigenvalue weighted by atomic mass is 9.98. The van der Waals surface area contributed by atoms with Crippen LogP contribution in [0.15, 0.2) is 41.3 Å². The first-order chi connectivity index (χ1) is 6.95. The molecule has 1 aromatic carbocycles. The Labute approximate surface area is 90.4 Å². The third kappa shape index (κ3) is 2.91. The van der Waals surface area contributed by atoms with Crippen molar-refractivity contribution in [3.63, 3.8) is 0 Å². The van der Waals surface area contributed by atoms with Gasteiger partial charge in [0.2, 0.25) is 0 Å². The smallest absolute Gasteiger partial charge is 0.0151 e. The van der Waals surface area contributed by atoms with Gasteiger partial charge in [0.15, 0.2) is 0 Å². The summed E-state index contributed by atoms with van der Waals surface area (Å²) in [6.07, 6.45) is 8.69. The lowest BCUT2D eigenvalue weighted by Gasteiger charge is -2.15. The molecule has 1 radical (unpaired) electrons. The van der Waals surface area contributed by atoms with Crippen molar-refractivity contribution in [2.75, 3.05) is 5.75 Å². The molecule has 0 saturated carbocycles. The average Bonchev–Trinajstić information content (AvgIpc) is 2.29. The van der Waals surface area contributed by atoms with Gasteiger partial charge in [0.25, 0.3) is 0 Å². The van der Waals surface area contributed by atoms with Gasteiger partial charge in [-0.2, -0.15) is 0 Å². The van der Waals surface area contributed by atoms with Crippen molar-refractivity contribution >= 4 is 11.8 Å². The Morgan fingerprint density at radius 3 is 3.14 bits per heavy atom. The van der Waals surface area contributed by atoms with Crippen molar-refractivity contribution in [2.45, 2.75) is 24.2 Å². The molecule has 0 aliphatic heterocycles. The standard InChI is InChI=1S/C13H15S/c1-3-7-12(8-4-1)11-14-13-9-5-2-6-10-13/h2-3,5-7,9,12H,1,4,8,11H2. The summed E-state index contributed by atoms with van der Waals surface area (Å²) in [5.74, 6) is 1.99. The molecule has 0 fully saturated rings. The van der Waals surface area contributed by atoms with Crippen LogP contribution in [0.25, 0.3) is 0 Å². The summed E-state index contributed by atoms with van der Waals surface area (Å²) in [7, 11) is 0. The SMILES string of the molecule is [c]1ccccc1SCC1C=CCCC1. The Morgan fingerprint density at radius 2 is 2.43 bits per heavy atom. The summed E-state index contributed by atoms with van der Waals surface area (Å²) >= 11 is 1.92. The van der Waals surface area contributed by atoms with Crippen LogP contribution in [0.2, 0.25) is 0 Å². The largest absolute Gasteiger partial charge is 0.125 e. The third-order valence-electron chi connectivity index (χ3n) is 2.49. The van der Waals surface area contributed by atoms with Gasteiger partial charge in [-0.05, 0) is 37.3 Å². The summed E-state index contributed by atoms with van der Waals surface area (Å²) in [4.78, 5) is 1.27. The second-order valence-electron chi connectivity index (χ2n) is 3.66. The van der Waals surface area contributed by atoms with Gasteiger partial charge in [0, 0.05) is 10.6 Å². The molecular weight excluding hydrogens is 188 g/mol. The fraction of sp³-hybridized carbons (Fsp3) is 0.385. The summed E-state index contributed by atoms with van der Waals surface area (Å²) in [6.45, 7) is 0. The molecule has 0 heterocycles. The highest BCUT2D eigenvalue weighted by atomic mass is 32.2. The molecule has 0 amide bonds. The average molecular weight is 203 g/mol. The highest BCUT2D eigenvalue weighted by Gasteiger charge is 2.08. The van der Waals surface area contributed by atoms with E-state index in [1.807, 2.05) is 23.9 Å². The summed E-state index contributed by atoms with van der Waals surface area (Å²) in [5, 5.41) is 0. The molecule has 1 unspecified atom stereocenters. The zero-order chi connectivity index (χ0) is 9.64. The van der Waals surface area contributed by atoms with E-state index >= 15 is 0 Å². The van der Waals surface area contributed by atoms with Crippen LogP contribution >= 0.6 is 11.8 Å². The lowest BCUT2D eigenvalue weighted by molar-refractivity contribution is 0.592. The Bertz CT molecular complexity index is 289. The third-order valence-corrected chi connectivity index (χ3v) is 3.65. The second-order valence-corrected chi connectivity index (χ2v) is 4.72. The van der Waals surface area contributed by atoms with Crippen molar-refractivity contribution in [1.82, 2.24) is 0 Å². The van der Waals surface area contributed by atoms with Crippen molar-refractivity contribution in [2.24, 2.45) is 5.92 Å². The van der Waals surface area contributed by atoms with Crippen LogP contribution < -0.4 is 0 Å². The van der Waals surface area contributed by atoms with Gasteiger partial charge >= 0.3 is 0 Å². The Balaban J connectivity index is 1.82. The van der Waals surface area contributed by atoms with Crippen LogP contribution in [0.3, 0.4) is 0 Å². The quantitative estimate of drug-likeness (QED) is 0.530. The van der Waals surface area contributed by atoms with Crippen LogP contribution in [0.1, 0.15) is 19.3 Å². The van der Waals surface area contributed by atoms with Crippen molar-refractivity contribution in [3.05, 3.63) is 42.5 Å². The van der Waals surface area contributed by atoms with Gasteiger partial charge in [0.05, 0.1) is 0 Å². The van der Waals surface area contributed by atoms with E-state index in [1.54, 1.807) is 0 Å². The zero-order valence-electron chi connectivity index (χ0n) is 8.28. The second kappa shape index (κ2) is 5.26. The molecular formula is C13H15S. The monoisotopic (exact) mass is 203 g/mol. The van der Waals surface area contributed by atoms with Crippen LogP contribution in [0.4, 0.5) is 0 Å². The maximum atomic E-state index is 3.25. The molecule has 0 nitrogen and oxygen atoms in total. The van der Waals surface area contributed by atoms with E-state index in [-0.39, 0.29) is 0 Å². The molecule has 0 saturated heterocycles. The first-order valence-electron chi connectivity index (χ1n) is 5.21. The molecule has 0 bridgehead atoms. The van der Waals surface area contributed by atoms with Crippen molar-refractivity contribution < 1.29 is 0 Å². The molecule has 0 N–H and O–H groups in total. The Kier molecular flexibility index (Phi) is 3.70. The Hall–Kier alpha value is -0.690. The predicted molar refractivity (Wildman–Crippen MR) is 62.5 cm³/mol. The number of hydrogen-bond donors (Lipinski definition) is 0. The normalized spacial score (nSPS) is 21.0. The minimum absolute atomic E-state index is 0.780. The van der Waals surface area contributed by atoms with Gasteiger partial charge in [-0.25, -0.2) is 0 Å². The zero-order valence-corrected chi connectivity index (χ0v) is 9.09. The van der Waals surface area contributed by atoms with E-state index in [1.165, 1.54) is 29.9 Å². The summed E-state index contributed by atoms with van der Waals surface area (Å²) in [6, 6.07) is 11.5. The molecule has 14 heavy (non-hydrogen) atoms. The van der Waals surface area contributed by atoms with Crippen LogP contribution in [0, 0.1) is 12.0 Å². The van der Waals surface area contributed by atoms with E-state index < -0.39 is 0 Å². The van der Waals surface area contributed by atoms with Crippen LogP contribution in [0.5, 0.6) is 0 Å². The van der Waals surface area contributed by atoms with E-state index in [2.05, 4.69) is 30.4 Å². The summed E-state index contributed by atoms with van der Waals surface area (Å²) in [5.41, 5.74) is 0. The Morgan fingerprint density at radius 1 is 1.43 bits per heavy atom. The topological polar surface area (TPSA) is 0 Å². The maximum absolute atomic E-state index is 3.25. The van der Waals surface area contributed by atoms with E-state index in [9.17, 15) is 0 Å². The summed E-state index contributed by atoms with van der Waals surface area (Å²) < 4.78 is 0. The van der Waals surface area contributed by atoms with Crippen LogP contribution in [-0.2, 0) is 0 Å². The van der Waals surface area contributed by atoms with Crippen molar-refractivity contribution in [3.8, 4) is 0 Å². The lowest BCUT2D eigenvalue weighted by Crippen LogP contribution is -2.03. The number of benzene rings is 1. The highest BCUT2D eigenvalue weighted by molar-refractivity contribution is 7.99. The fourth-order valence-electron chi connectivity index (χ4n) is 1.69. The molecule has 1 aliphatic rings. The van der Waals surface area contributed by atoms with Gasteiger partial charge in [-0.3, -0.25) is 0 Å². The van der Waals surface area contributed by atoms with Gasteiger partial charge in [0.1, 0.15) is 0 Å². The predicted octanol–water partition coefficient (Wildman–Crippen LogP) is 3.94. The van der Waals surface area contributed by atoms with Gasteiger partial charge in [-0.1, -0.05) is 30.4 Å². The van der Waals surface area contributed by atoms with Crippen LogP contribution in [-0.4, -0.2) is 5.75 Å². The van der Waals surface area contributed by atoms with E-state index in [0.29, 0.717) is 0 Å². The molecule has 73 valence electrons. The van der Waals surface area contributed by atoms with Gasteiger partial charge < -0.3 is 0 Å². The first-order valence-corrected chi connectivity index (χ1v) is 6.20. The highest BCUT2D eigenvalue weighted by Crippen LogP contribution is 2.25. The maximum Gasteiger partial charge on any atom is 0.0151 e. The van der Waals surface area contributed by atoms with E-state index in [0.717, 1.165) is 5.92 Å². The minimum Gasteiger partial charge on any atom is -0.125 e. The first kappa shape index (κ1) is 9.85. The number of allylic oxidation sites excluding steroid dienone is 2. The number of rotatable bonds is 3. The van der Waals surface area contributed by atoms with Crippen molar-refractivity contribution in [1.29, 1.82) is 0 Å². The molecule has 0 spiro atoms. The number of thioether (sulfide) groups is 1. The fourth-order valence-corrected chi connectivity index (χ4v) is 2.68. The molecule has 2 rings (SSSR count). The number of hydrogen-bond acceptors (Lipinski definition) is 1. The molecule has 1 heteroatoms. The molecule has 1 aliphatic carbocycles. The van der Waals surface area contributed by atoms with Gasteiger partial charge in [-0.15, -0.1) is 11.8 Å². The molecule has 1 aromatic rings. The van der Waals surface area contributed by atoms with E-state index in [4.69, 9.17) is 0 Å². The molecule has 0 aromatic heterocycles. The minimum atomic E-state index is 0.780. The molecule has 1 atom stereocenters.